The summed E-state index contributed by atoms with van der Waals surface area (Å²) >= 11 is 0. The Morgan fingerprint density at radius 3 is 2.54 bits per heavy atom. The van der Waals surface area contributed by atoms with Crippen LogP contribution in [-0.2, 0) is 30.6 Å². The quantitative estimate of drug-likeness (QED) is 0.830. The molecule has 0 N–H and O–H groups in total. The van der Waals surface area contributed by atoms with Crippen molar-refractivity contribution in [1.82, 2.24) is 9.47 Å². The van der Waals surface area contributed by atoms with Crippen LogP contribution in [-0.4, -0.2) is 34.2 Å². The number of carbonyl (C=O) groups is 2. The number of fused-ring (bicyclic) bond motifs is 1. The molecule has 1 saturated heterocycles. The molecule has 0 bridgehead atoms. The number of ketones is 1. The van der Waals surface area contributed by atoms with Gasteiger partial charge in [0.25, 0.3) is 0 Å². The summed E-state index contributed by atoms with van der Waals surface area (Å²) in [5.74, 6) is 0.389. The first-order valence-electron chi connectivity index (χ1n) is 9.71. The molecule has 4 heteroatoms. The Morgan fingerprint density at radius 1 is 1.08 bits per heavy atom. The summed E-state index contributed by atoms with van der Waals surface area (Å²) < 4.78 is 2.30. The molecule has 1 aromatic heterocycles. The highest BCUT2D eigenvalue weighted by Gasteiger charge is 2.30. The SMILES string of the molecule is Cc1c(CC(=O)N2CCC2)c2c(n1CCc1ccccc1)CCCC2=O. The van der Waals surface area contributed by atoms with Gasteiger partial charge in [0.15, 0.2) is 5.78 Å². The molecule has 2 aliphatic rings. The molecule has 1 fully saturated rings. The second-order valence-corrected chi connectivity index (χ2v) is 7.46. The van der Waals surface area contributed by atoms with Crippen molar-refractivity contribution in [2.24, 2.45) is 0 Å². The number of carbonyl (C=O) groups excluding carboxylic acids is 2. The van der Waals surface area contributed by atoms with Gasteiger partial charge in [0.2, 0.25) is 5.91 Å². The van der Waals surface area contributed by atoms with E-state index in [4.69, 9.17) is 0 Å². The molecular weight excluding hydrogens is 324 g/mol. The summed E-state index contributed by atoms with van der Waals surface area (Å²) in [6, 6.07) is 10.4. The topological polar surface area (TPSA) is 42.3 Å². The van der Waals surface area contributed by atoms with Gasteiger partial charge in [-0.05, 0) is 43.7 Å². The number of amides is 1. The lowest BCUT2D eigenvalue weighted by Gasteiger charge is -2.31. The van der Waals surface area contributed by atoms with Crippen molar-refractivity contribution in [1.29, 1.82) is 0 Å². The molecule has 2 aromatic rings. The van der Waals surface area contributed by atoms with Crippen LogP contribution >= 0.6 is 0 Å². The maximum absolute atomic E-state index is 12.6. The molecule has 1 amide bonds. The van der Waals surface area contributed by atoms with Gasteiger partial charge in [0, 0.05) is 43.0 Å². The van der Waals surface area contributed by atoms with Crippen LogP contribution in [0, 0.1) is 6.92 Å². The molecule has 0 radical (unpaired) electrons. The molecular formula is C22H26N2O2. The zero-order valence-electron chi connectivity index (χ0n) is 15.5. The van der Waals surface area contributed by atoms with E-state index in [1.165, 1.54) is 5.56 Å². The molecule has 4 nitrogen and oxygen atoms in total. The fraction of sp³-hybridized carbons (Fsp3) is 0.455. The van der Waals surface area contributed by atoms with Crippen LogP contribution in [0.1, 0.15) is 52.1 Å². The van der Waals surface area contributed by atoms with Crippen molar-refractivity contribution < 1.29 is 9.59 Å². The number of nitrogens with zero attached hydrogens (tertiary/aromatic N) is 2. The summed E-state index contributed by atoms with van der Waals surface area (Å²) in [5.41, 5.74) is 5.40. The maximum Gasteiger partial charge on any atom is 0.227 e. The maximum atomic E-state index is 12.6. The number of aryl methyl sites for hydroxylation is 1. The first-order chi connectivity index (χ1) is 12.6. The highest BCUT2D eigenvalue weighted by molar-refractivity contribution is 6.01. The van der Waals surface area contributed by atoms with Crippen molar-refractivity contribution in [3.05, 3.63) is 58.4 Å². The van der Waals surface area contributed by atoms with Crippen LogP contribution in [0.3, 0.4) is 0 Å². The lowest BCUT2D eigenvalue weighted by Crippen LogP contribution is -2.43. The highest BCUT2D eigenvalue weighted by Crippen LogP contribution is 2.31. The second kappa shape index (κ2) is 7.10. The number of hydrogen-bond donors (Lipinski definition) is 0. The zero-order valence-corrected chi connectivity index (χ0v) is 15.5. The molecule has 1 aliphatic carbocycles. The third-order valence-corrected chi connectivity index (χ3v) is 5.86. The molecule has 4 rings (SSSR count). The van der Waals surface area contributed by atoms with Crippen LogP contribution in [0.25, 0.3) is 0 Å². The Balaban J connectivity index is 1.64. The minimum Gasteiger partial charge on any atom is -0.348 e. The molecule has 1 aromatic carbocycles. The summed E-state index contributed by atoms with van der Waals surface area (Å²) in [7, 11) is 0. The third kappa shape index (κ3) is 3.09. The smallest absolute Gasteiger partial charge is 0.227 e. The van der Waals surface area contributed by atoms with Gasteiger partial charge >= 0.3 is 0 Å². The highest BCUT2D eigenvalue weighted by atomic mass is 16.2. The van der Waals surface area contributed by atoms with E-state index in [-0.39, 0.29) is 11.7 Å². The number of aromatic nitrogens is 1. The average Bonchev–Trinajstić information content (AvgIpc) is 2.85. The molecule has 2 heterocycles. The monoisotopic (exact) mass is 350 g/mol. The largest absolute Gasteiger partial charge is 0.348 e. The third-order valence-electron chi connectivity index (χ3n) is 5.86. The predicted molar refractivity (Wildman–Crippen MR) is 101 cm³/mol. The van der Waals surface area contributed by atoms with Crippen LogP contribution in [0.15, 0.2) is 30.3 Å². The van der Waals surface area contributed by atoms with E-state index in [2.05, 4.69) is 35.8 Å². The fourth-order valence-corrected chi connectivity index (χ4v) is 4.22. The van der Waals surface area contributed by atoms with Gasteiger partial charge in [-0.3, -0.25) is 9.59 Å². The number of rotatable bonds is 5. The number of benzene rings is 1. The van der Waals surface area contributed by atoms with Gasteiger partial charge in [-0.1, -0.05) is 30.3 Å². The van der Waals surface area contributed by atoms with Gasteiger partial charge in [-0.25, -0.2) is 0 Å². The Labute approximate surface area is 154 Å². The van der Waals surface area contributed by atoms with Gasteiger partial charge < -0.3 is 9.47 Å². The lowest BCUT2D eigenvalue weighted by molar-refractivity contribution is -0.133. The number of hydrogen-bond acceptors (Lipinski definition) is 2. The molecule has 0 saturated carbocycles. The van der Waals surface area contributed by atoms with Crippen molar-refractivity contribution in [3.8, 4) is 0 Å². The van der Waals surface area contributed by atoms with E-state index in [1.54, 1.807) is 0 Å². The Morgan fingerprint density at radius 2 is 1.85 bits per heavy atom. The lowest BCUT2D eigenvalue weighted by atomic mass is 9.91. The molecule has 0 unspecified atom stereocenters. The normalized spacial score (nSPS) is 16.3. The first kappa shape index (κ1) is 17.1. The minimum absolute atomic E-state index is 0.167. The Kier molecular flexibility index (Phi) is 4.66. The van der Waals surface area contributed by atoms with Crippen molar-refractivity contribution >= 4 is 11.7 Å². The van der Waals surface area contributed by atoms with E-state index in [0.717, 1.165) is 67.8 Å². The molecule has 0 spiro atoms. The van der Waals surface area contributed by atoms with E-state index in [1.807, 2.05) is 11.0 Å². The predicted octanol–water partition coefficient (Wildman–Crippen LogP) is 3.33. The van der Waals surface area contributed by atoms with Crippen LogP contribution in [0.5, 0.6) is 0 Å². The molecule has 26 heavy (non-hydrogen) atoms. The molecule has 0 atom stereocenters. The standard InChI is InChI=1S/C22H26N2O2/c1-16-18(15-21(26)23-12-6-13-23)22-19(9-5-10-20(22)25)24(16)14-11-17-7-3-2-4-8-17/h2-4,7-8H,5-6,9-15H2,1H3. The summed E-state index contributed by atoms with van der Waals surface area (Å²) in [4.78, 5) is 27.1. The van der Waals surface area contributed by atoms with Crippen molar-refractivity contribution in [3.63, 3.8) is 0 Å². The summed E-state index contributed by atoms with van der Waals surface area (Å²) in [6.45, 7) is 4.67. The Bertz CT molecular complexity index is 832. The van der Waals surface area contributed by atoms with Crippen LogP contribution < -0.4 is 0 Å². The zero-order chi connectivity index (χ0) is 18.1. The minimum atomic E-state index is 0.167. The van der Waals surface area contributed by atoms with Crippen molar-refractivity contribution in [2.45, 2.75) is 52.0 Å². The number of Topliss-reactive ketones (excluding diaryl/α,β-unsaturated/α-hetero) is 1. The summed E-state index contributed by atoms with van der Waals surface area (Å²) in [5, 5.41) is 0. The number of likely N-dealkylation sites (tertiary alicyclic amines) is 1. The van der Waals surface area contributed by atoms with Crippen LogP contribution in [0.2, 0.25) is 0 Å². The van der Waals surface area contributed by atoms with E-state index in [9.17, 15) is 9.59 Å². The van der Waals surface area contributed by atoms with E-state index in [0.29, 0.717) is 12.8 Å². The van der Waals surface area contributed by atoms with E-state index >= 15 is 0 Å². The Hall–Kier alpha value is -2.36. The van der Waals surface area contributed by atoms with Gasteiger partial charge in [0.05, 0.1) is 6.42 Å². The van der Waals surface area contributed by atoms with Crippen molar-refractivity contribution in [2.75, 3.05) is 13.1 Å². The van der Waals surface area contributed by atoms with Crippen LogP contribution in [0.4, 0.5) is 0 Å². The second-order valence-electron chi connectivity index (χ2n) is 7.46. The van der Waals surface area contributed by atoms with E-state index < -0.39 is 0 Å². The van der Waals surface area contributed by atoms with Gasteiger partial charge in [-0.15, -0.1) is 0 Å². The summed E-state index contributed by atoms with van der Waals surface area (Å²) in [6.07, 6.45) is 4.88. The van der Waals surface area contributed by atoms with Gasteiger partial charge in [0.1, 0.15) is 0 Å². The first-order valence-corrected chi connectivity index (χ1v) is 9.71. The molecule has 1 aliphatic heterocycles. The molecule has 136 valence electrons. The average molecular weight is 350 g/mol. The fourth-order valence-electron chi connectivity index (χ4n) is 4.22. The van der Waals surface area contributed by atoms with Gasteiger partial charge in [-0.2, -0.15) is 0 Å².